The quantitative estimate of drug-likeness (QED) is 0.127. The highest BCUT2D eigenvalue weighted by molar-refractivity contribution is 7.99. The lowest BCUT2D eigenvalue weighted by atomic mass is 9.62. The molecule has 0 spiro atoms. The van der Waals surface area contributed by atoms with Crippen molar-refractivity contribution >= 4 is 50.3 Å². The van der Waals surface area contributed by atoms with Crippen LogP contribution in [-0.2, 0) is 19.2 Å². The van der Waals surface area contributed by atoms with Crippen LogP contribution in [-0.4, -0.2) is 42.6 Å². The lowest BCUT2D eigenvalue weighted by Crippen LogP contribution is -2.49. The summed E-state index contributed by atoms with van der Waals surface area (Å²) in [6.45, 7) is 10.0. The van der Waals surface area contributed by atoms with Crippen LogP contribution in [0.5, 0.6) is 0 Å². The molecular formula is C32H41NO6S2. The number of benzene rings is 2. The van der Waals surface area contributed by atoms with Crippen molar-refractivity contribution in [3.05, 3.63) is 53.1 Å². The predicted octanol–water partition coefficient (Wildman–Crippen LogP) is 7.35. The van der Waals surface area contributed by atoms with Crippen LogP contribution in [0.1, 0.15) is 100 Å². The van der Waals surface area contributed by atoms with Crippen molar-refractivity contribution in [2.75, 3.05) is 11.5 Å². The molecule has 0 N–H and O–H groups in total. The van der Waals surface area contributed by atoms with Crippen LogP contribution in [0, 0.1) is 17.3 Å². The SMILES string of the molecule is CCCCC(CC)CSc1cc2c3c(cccc3c1)C(=O)N(OS(=O)(=O)CC1(C(=O)CC)CCC1=CC(C)C)C2=O. The minimum absolute atomic E-state index is 0.145. The van der Waals surface area contributed by atoms with E-state index < -0.39 is 33.1 Å². The van der Waals surface area contributed by atoms with Gasteiger partial charge in [0.1, 0.15) is 5.78 Å². The molecule has 41 heavy (non-hydrogen) atoms. The van der Waals surface area contributed by atoms with Crippen LogP contribution < -0.4 is 0 Å². The summed E-state index contributed by atoms with van der Waals surface area (Å²) < 4.78 is 32.1. The second-order valence-corrected chi connectivity index (χ2v) is 14.2. The Labute approximate surface area is 248 Å². The standard InChI is InChI=1S/C32H41NO6S2/c1-6-9-11-22(7-2)19-40-25-17-23-12-10-13-26-29(23)27(18-25)31(36)33(30(26)35)39-41(37,38)20-32(28(34)8-3)15-14-24(32)16-21(4)5/h10,12-13,16-18,21-22H,6-9,11,14-15,19-20H2,1-5H3. The molecule has 0 saturated heterocycles. The van der Waals surface area contributed by atoms with Crippen molar-refractivity contribution in [3.63, 3.8) is 0 Å². The van der Waals surface area contributed by atoms with Crippen molar-refractivity contribution in [2.24, 2.45) is 17.3 Å². The number of carbonyl (C=O) groups excluding carboxylic acids is 3. The molecule has 2 atom stereocenters. The highest BCUT2D eigenvalue weighted by Crippen LogP contribution is 2.49. The van der Waals surface area contributed by atoms with Gasteiger partial charge in [-0.2, -0.15) is 8.42 Å². The molecule has 0 radical (unpaired) electrons. The third kappa shape index (κ3) is 6.47. The van der Waals surface area contributed by atoms with Crippen molar-refractivity contribution in [1.82, 2.24) is 5.06 Å². The predicted molar refractivity (Wildman–Crippen MR) is 163 cm³/mol. The Morgan fingerprint density at radius 2 is 1.85 bits per heavy atom. The minimum Gasteiger partial charge on any atom is -0.299 e. The van der Waals surface area contributed by atoms with Gasteiger partial charge in [0.05, 0.1) is 22.3 Å². The Morgan fingerprint density at radius 3 is 2.46 bits per heavy atom. The van der Waals surface area contributed by atoms with E-state index in [-0.39, 0.29) is 29.2 Å². The van der Waals surface area contributed by atoms with E-state index in [1.54, 1.807) is 36.9 Å². The smallest absolute Gasteiger partial charge is 0.289 e. The maximum Gasteiger partial charge on any atom is 0.289 e. The number of carbonyl (C=O) groups is 3. The molecule has 1 aliphatic carbocycles. The number of hydroxylamine groups is 2. The summed E-state index contributed by atoms with van der Waals surface area (Å²) in [7, 11) is -4.49. The topological polar surface area (TPSA) is 97.8 Å². The van der Waals surface area contributed by atoms with Crippen LogP contribution in [0.4, 0.5) is 0 Å². The van der Waals surface area contributed by atoms with E-state index in [1.807, 2.05) is 32.1 Å². The molecule has 1 saturated carbocycles. The first-order chi connectivity index (χ1) is 19.5. The molecule has 0 bridgehead atoms. The first-order valence-corrected chi connectivity index (χ1v) is 17.3. The average Bonchev–Trinajstić information content (AvgIpc) is 2.94. The van der Waals surface area contributed by atoms with Crippen LogP contribution in [0.25, 0.3) is 10.8 Å². The fraction of sp³-hybridized carbons (Fsp3) is 0.531. The minimum atomic E-state index is -4.49. The lowest BCUT2D eigenvalue weighted by molar-refractivity contribution is -0.128. The average molecular weight is 600 g/mol. The molecule has 2 aliphatic rings. The first-order valence-electron chi connectivity index (χ1n) is 14.7. The number of ketones is 1. The third-order valence-electron chi connectivity index (χ3n) is 8.25. The van der Waals surface area contributed by atoms with Gasteiger partial charge in [0.25, 0.3) is 21.9 Å². The van der Waals surface area contributed by atoms with Gasteiger partial charge in [-0.3, -0.25) is 14.4 Å². The van der Waals surface area contributed by atoms with Crippen molar-refractivity contribution in [2.45, 2.75) is 84.5 Å². The Bertz CT molecular complexity index is 1480. The summed E-state index contributed by atoms with van der Waals surface area (Å²) in [4.78, 5) is 41.0. The zero-order valence-corrected chi connectivity index (χ0v) is 26.3. The van der Waals surface area contributed by atoms with E-state index in [4.69, 9.17) is 4.28 Å². The number of hydrogen-bond donors (Lipinski definition) is 0. The van der Waals surface area contributed by atoms with E-state index in [0.29, 0.717) is 29.2 Å². The summed E-state index contributed by atoms with van der Waals surface area (Å²) >= 11 is 1.67. The van der Waals surface area contributed by atoms with Gasteiger partial charge in [-0.15, -0.1) is 21.1 Å². The molecule has 2 aromatic rings. The Morgan fingerprint density at radius 1 is 1.12 bits per heavy atom. The van der Waals surface area contributed by atoms with Crippen LogP contribution in [0.15, 0.2) is 46.9 Å². The molecule has 1 fully saturated rings. The second-order valence-electron chi connectivity index (χ2n) is 11.6. The summed E-state index contributed by atoms with van der Waals surface area (Å²) in [5.74, 6) is -0.824. The fourth-order valence-corrected chi connectivity index (χ4v) is 8.63. The van der Waals surface area contributed by atoms with Gasteiger partial charge in [0.2, 0.25) is 0 Å². The number of thioether (sulfide) groups is 1. The molecular weight excluding hydrogens is 558 g/mol. The van der Waals surface area contributed by atoms with Crippen LogP contribution >= 0.6 is 11.8 Å². The largest absolute Gasteiger partial charge is 0.299 e. The molecule has 1 aliphatic heterocycles. The number of unbranched alkanes of at least 4 members (excludes halogenated alkanes) is 1. The van der Waals surface area contributed by atoms with E-state index in [1.165, 1.54) is 6.42 Å². The van der Waals surface area contributed by atoms with Crippen molar-refractivity contribution < 1.29 is 27.1 Å². The van der Waals surface area contributed by atoms with Gasteiger partial charge >= 0.3 is 0 Å². The fourth-order valence-electron chi connectivity index (χ4n) is 5.88. The van der Waals surface area contributed by atoms with Crippen molar-refractivity contribution in [1.29, 1.82) is 0 Å². The number of allylic oxidation sites excluding steroid dienone is 2. The maximum absolute atomic E-state index is 13.7. The molecule has 9 heteroatoms. The lowest BCUT2D eigenvalue weighted by Gasteiger charge is -2.43. The van der Waals surface area contributed by atoms with Crippen LogP contribution in [0.2, 0.25) is 0 Å². The molecule has 2 aromatic carbocycles. The van der Waals surface area contributed by atoms with Gasteiger partial charge in [0, 0.05) is 22.5 Å². The molecule has 2 amide bonds. The van der Waals surface area contributed by atoms with E-state index >= 15 is 0 Å². The van der Waals surface area contributed by atoms with Gasteiger partial charge in [-0.1, -0.05) is 77.7 Å². The third-order valence-corrected chi connectivity index (χ3v) is 10.7. The number of hydrogen-bond acceptors (Lipinski definition) is 7. The molecule has 1 heterocycles. The molecule has 222 valence electrons. The number of amides is 2. The Balaban J connectivity index is 1.63. The van der Waals surface area contributed by atoms with E-state index in [2.05, 4.69) is 13.8 Å². The molecule has 4 rings (SSSR count). The van der Waals surface area contributed by atoms with Crippen molar-refractivity contribution in [3.8, 4) is 0 Å². The zero-order valence-electron chi connectivity index (χ0n) is 24.7. The van der Waals surface area contributed by atoms with Gasteiger partial charge in [-0.25, -0.2) is 0 Å². The van der Waals surface area contributed by atoms with E-state index in [9.17, 15) is 22.8 Å². The monoisotopic (exact) mass is 599 g/mol. The molecule has 7 nitrogen and oxygen atoms in total. The number of rotatable bonds is 14. The van der Waals surface area contributed by atoms with Gasteiger partial charge in [0.15, 0.2) is 0 Å². The van der Waals surface area contributed by atoms with Crippen LogP contribution in [0.3, 0.4) is 0 Å². The summed E-state index contributed by atoms with van der Waals surface area (Å²) in [6, 6.07) is 8.86. The van der Waals surface area contributed by atoms with Gasteiger partial charge < -0.3 is 0 Å². The normalized spacial score (nSPS) is 20.6. The molecule has 2 unspecified atom stereocenters. The highest BCUT2D eigenvalue weighted by Gasteiger charge is 2.51. The second kappa shape index (κ2) is 12.8. The Hall–Kier alpha value is -2.49. The summed E-state index contributed by atoms with van der Waals surface area (Å²) in [5, 5.41) is 1.62. The number of nitrogens with zero attached hydrogens (tertiary/aromatic N) is 1. The van der Waals surface area contributed by atoms with E-state index in [0.717, 1.165) is 40.9 Å². The summed E-state index contributed by atoms with van der Waals surface area (Å²) in [5.41, 5.74) is 0.0423. The first kappa shape index (κ1) is 31.4. The van der Waals surface area contributed by atoms with Gasteiger partial charge in [-0.05, 0) is 54.7 Å². The Kier molecular flexibility index (Phi) is 9.81. The number of imide groups is 1. The number of Topliss-reactive ketones (excluding diaryl/α,β-unsaturated/α-hetero) is 1. The maximum atomic E-state index is 13.7. The summed E-state index contributed by atoms with van der Waals surface area (Å²) in [6.07, 6.45) is 7.68. The highest BCUT2D eigenvalue weighted by atomic mass is 32.2. The zero-order chi connectivity index (χ0) is 29.9. The molecule has 0 aromatic heterocycles.